The molecule has 0 spiro atoms. The molecule has 1 heterocycles. The predicted molar refractivity (Wildman–Crippen MR) is 61.1 cm³/mol. The van der Waals surface area contributed by atoms with E-state index in [9.17, 15) is 9.59 Å². The van der Waals surface area contributed by atoms with Crippen molar-refractivity contribution in [2.24, 2.45) is 0 Å². The molecule has 1 aliphatic rings. The molecular formula is C11H20N2O4. The second-order valence-corrected chi connectivity index (χ2v) is 4.99. The summed E-state index contributed by atoms with van der Waals surface area (Å²) in [6.45, 7) is 7.16. The van der Waals surface area contributed by atoms with Crippen LogP contribution in [-0.4, -0.2) is 42.4 Å². The summed E-state index contributed by atoms with van der Waals surface area (Å²) < 4.78 is 5.19. The molecule has 6 nitrogen and oxygen atoms in total. The standard InChI is InChI=1S/C11H20N2O4/c1-11(2,3)17-10(15)13(16-8-14)9-4-6-12-7-5-9/h8-9,12H,4-7H2,1-3H3. The Morgan fingerprint density at radius 3 is 2.41 bits per heavy atom. The number of nitrogens with zero attached hydrogens (tertiary/aromatic N) is 1. The van der Waals surface area contributed by atoms with Gasteiger partial charge in [-0.15, -0.1) is 5.06 Å². The molecular weight excluding hydrogens is 224 g/mol. The van der Waals surface area contributed by atoms with E-state index in [0.717, 1.165) is 31.0 Å². The second kappa shape index (κ2) is 5.86. The number of piperidine rings is 1. The van der Waals surface area contributed by atoms with Gasteiger partial charge in [-0.3, -0.25) is 4.79 Å². The molecule has 0 aromatic carbocycles. The van der Waals surface area contributed by atoms with Gasteiger partial charge in [0.05, 0.1) is 6.04 Å². The molecule has 0 bridgehead atoms. The van der Waals surface area contributed by atoms with E-state index in [0.29, 0.717) is 0 Å². The lowest BCUT2D eigenvalue weighted by Gasteiger charge is -2.32. The topological polar surface area (TPSA) is 67.9 Å². The molecule has 0 radical (unpaired) electrons. The Morgan fingerprint density at radius 2 is 1.94 bits per heavy atom. The molecule has 0 aromatic rings. The van der Waals surface area contributed by atoms with E-state index in [1.807, 2.05) is 0 Å². The minimum absolute atomic E-state index is 0.115. The van der Waals surface area contributed by atoms with Crippen molar-refractivity contribution in [2.45, 2.75) is 45.3 Å². The molecule has 0 saturated carbocycles. The van der Waals surface area contributed by atoms with Crippen LogP contribution in [0.4, 0.5) is 4.79 Å². The van der Waals surface area contributed by atoms with Crippen molar-refractivity contribution >= 4 is 12.6 Å². The number of hydroxylamine groups is 2. The van der Waals surface area contributed by atoms with E-state index in [4.69, 9.17) is 9.57 Å². The number of ether oxygens (including phenoxy) is 1. The maximum absolute atomic E-state index is 11.8. The van der Waals surface area contributed by atoms with E-state index in [2.05, 4.69) is 5.32 Å². The fourth-order valence-electron chi connectivity index (χ4n) is 1.67. The van der Waals surface area contributed by atoms with E-state index in [1.165, 1.54) is 0 Å². The Morgan fingerprint density at radius 1 is 1.35 bits per heavy atom. The maximum atomic E-state index is 11.8. The van der Waals surface area contributed by atoms with Gasteiger partial charge < -0.3 is 14.9 Å². The Bertz CT molecular complexity index is 269. The van der Waals surface area contributed by atoms with Gasteiger partial charge in [0.15, 0.2) is 0 Å². The van der Waals surface area contributed by atoms with Crippen LogP contribution in [0, 0.1) is 0 Å². The number of carbonyl (C=O) groups is 2. The van der Waals surface area contributed by atoms with E-state index in [-0.39, 0.29) is 12.5 Å². The molecule has 0 unspecified atom stereocenters. The number of carbonyl (C=O) groups excluding carboxylic acids is 2. The predicted octanol–water partition coefficient (Wildman–Crippen LogP) is 1.06. The summed E-state index contributed by atoms with van der Waals surface area (Å²) in [6, 6.07) is -0.115. The third-order valence-corrected chi connectivity index (χ3v) is 2.37. The average Bonchev–Trinajstić information content (AvgIpc) is 2.24. The van der Waals surface area contributed by atoms with Gasteiger partial charge in [-0.2, -0.15) is 0 Å². The first-order chi connectivity index (χ1) is 7.94. The lowest BCUT2D eigenvalue weighted by Crippen LogP contribution is -2.47. The fourth-order valence-corrected chi connectivity index (χ4v) is 1.67. The smallest absolute Gasteiger partial charge is 0.442 e. The van der Waals surface area contributed by atoms with E-state index >= 15 is 0 Å². The number of amides is 1. The summed E-state index contributed by atoms with van der Waals surface area (Å²) in [5, 5.41) is 4.22. The molecule has 0 aromatic heterocycles. The first-order valence-corrected chi connectivity index (χ1v) is 5.77. The zero-order chi connectivity index (χ0) is 12.9. The highest BCUT2D eigenvalue weighted by atomic mass is 16.7. The molecule has 1 saturated heterocycles. The summed E-state index contributed by atoms with van der Waals surface area (Å²) in [6.07, 6.45) is 0.872. The highest BCUT2D eigenvalue weighted by molar-refractivity contribution is 5.68. The largest absolute Gasteiger partial charge is 0.444 e. The van der Waals surface area contributed by atoms with Gasteiger partial charge in [0.1, 0.15) is 5.60 Å². The molecule has 1 rings (SSSR count). The maximum Gasteiger partial charge on any atom is 0.444 e. The summed E-state index contributed by atoms with van der Waals surface area (Å²) in [5.74, 6) is 0. The second-order valence-electron chi connectivity index (χ2n) is 4.99. The van der Waals surface area contributed by atoms with Crippen LogP contribution in [0.5, 0.6) is 0 Å². The molecule has 1 fully saturated rings. The van der Waals surface area contributed by atoms with Gasteiger partial charge >= 0.3 is 12.6 Å². The zero-order valence-electron chi connectivity index (χ0n) is 10.6. The quantitative estimate of drug-likeness (QED) is 0.594. The summed E-state index contributed by atoms with van der Waals surface area (Å²) in [5.41, 5.74) is -0.603. The molecule has 0 aliphatic carbocycles. The third kappa shape index (κ3) is 4.60. The number of hydrogen-bond donors (Lipinski definition) is 1. The summed E-state index contributed by atoms with van der Waals surface area (Å²) in [7, 11) is 0. The molecule has 1 N–H and O–H groups in total. The van der Waals surface area contributed by atoms with Gasteiger partial charge in [0.25, 0.3) is 0 Å². The third-order valence-electron chi connectivity index (χ3n) is 2.37. The van der Waals surface area contributed by atoms with Crippen molar-refractivity contribution < 1.29 is 19.2 Å². The minimum atomic E-state index is -0.614. The number of hydrogen-bond acceptors (Lipinski definition) is 5. The molecule has 0 atom stereocenters. The minimum Gasteiger partial charge on any atom is -0.442 e. The highest BCUT2D eigenvalue weighted by Gasteiger charge is 2.31. The lowest BCUT2D eigenvalue weighted by atomic mass is 10.1. The average molecular weight is 244 g/mol. The summed E-state index contributed by atoms with van der Waals surface area (Å²) in [4.78, 5) is 27.0. The van der Waals surface area contributed by atoms with Crippen LogP contribution in [0.1, 0.15) is 33.6 Å². The van der Waals surface area contributed by atoms with Crippen LogP contribution in [-0.2, 0) is 14.4 Å². The van der Waals surface area contributed by atoms with Gasteiger partial charge in [-0.1, -0.05) is 0 Å². The Hall–Kier alpha value is -1.30. The lowest BCUT2D eigenvalue weighted by molar-refractivity contribution is -0.180. The van der Waals surface area contributed by atoms with Gasteiger partial charge in [0.2, 0.25) is 0 Å². The van der Waals surface area contributed by atoms with Crippen LogP contribution in [0.15, 0.2) is 0 Å². The molecule has 98 valence electrons. The van der Waals surface area contributed by atoms with Gasteiger partial charge in [-0.25, -0.2) is 4.79 Å². The Balaban J connectivity index is 2.63. The first-order valence-electron chi connectivity index (χ1n) is 5.77. The fraction of sp³-hybridized carbons (Fsp3) is 0.818. The van der Waals surface area contributed by atoms with Crippen LogP contribution in [0.2, 0.25) is 0 Å². The first kappa shape index (κ1) is 13.8. The van der Waals surface area contributed by atoms with E-state index < -0.39 is 11.7 Å². The van der Waals surface area contributed by atoms with Crippen molar-refractivity contribution in [1.29, 1.82) is 0 Å². The molecule has 1 aliphatic heterocycles. The zero-order valence-corrected chi connectivity index (χ0v) is 10.6. The molecule has 6 heteroatoms. The van der Waals surface area contributed by atoms with Crippen LogP contribution < -0.4 is 5.32 Å². The number of nitrogens with one attached hydrogen (secondary N) is 1. The van der Waals surface area contributed by atoms with Crippen molar-refractivity contribution in [3.8, 4) is 0 Å². The Kier molecular flexibility index (Phi) is 4.74. The van der Waals surface area contributed by atoms with Crippen LogP contribution in [0.3, 0.4) is 0 Å². The molecule has 17 heavy (non-hydrogen) atoms. The van der Waals surface area contributed by atoms with E-state index in [1.54, 1.807) is 20.8 Å². The van der Waals surface area contributed by atoms with Gasteiger partial charge in [0, 0.05) is 0 Å². The van der Waals surface area contributed by atoms with Crippen molar-refractivity contribution in [3.05, 3.63) is 0 Å². The Labute approximate surface area is 101 Å². The molecule has 1 amide bonds. The SMILES string of the molecule is CC(C)(C)OC(=O)N(OC=O)C1CCNCC1. The summed E-state index contributed by atoms with van der Waals surface area (Å²) >= 11 is 0. The number of rotatable bonds is 3. The van der Waals surface area contributed by atoms with Gasteiger partial charge in [-0.05, 0) is 46.7 Å². The van der Waals surface area contributed by atoms with Crippen molar-refractivity contribution in [2.75, 3.05) is 13.1 Å². The normalized spacial score (nSPS) is 17.4. The highest BCUT2D eigenvalue weighted by Crippen LogP contribution is 2.16. The monoisotopic (exact) mass is 244 g/mol. The van der Waals surface area contributed by atoms with Crippen LogP contribution >= 0.6 is 0 Å². The van der Waals surface area contributed by atoms with Crippen molar-refractivity contribution in [3.63, 3.8) is 0 Å². The van der Waals surface area contributed by atoms with Crippen molar-refractivity contribution in [1.82, 2.24) is 10.4 Å². The van der Waals surface area contributed by atoms with Crippen LogP contribution in [0.25, 0.3) is 0 Å².